The van der Waals surface area contributed by atoms with E-state index in [0.717, 1.165) is 13.1 Å². The van der Waals surface area contributed by atoms with Gasteiger partial charge in [0.15, 0.2) is 0 Å². The molecule has 1 aliphatic heterocycles. The van der Waals surface area contributed by atoms with Gasteiger partial charge in [0.2, 0.25) is 5.91 Å². The number of likely N-dealkylation sites (tertiary alicyclic amines) is 1. The van der Waals surface area contributed by atoms with Gasteiger partial charge in [-0.15, -0.1) is 0 Å². The molecule has 0 aromatic heterocycles. The van der Waals surface area contributed by atoms with Gasteiger partial charge in [-0.05, 0) is 63.4 Å². The highest BCUT2D eigenvalue weighted by Crippen LogP contribution is 2.17. The molecule has 3 heteroatoms. The molecule has 1 aromatic rings. The molecule has 0 bridgehead atoms. The maximum atomic E-state index is 12.3. The molecule has 1 aliphatic rings. The van der Waals surface area contributed by atoms with Crippen molar-refractivity contribution in [3.05, 3.63) is 34.9 Å². The van der Waals surface area contributed by atoms with Crippen LogP contribution in [-0.4, -0.2) is 30.4 Å². The van der Waals surface area contributed by atoms with E-state index in [9.17, 15) is 4.79 Å². The average molecular weight is 302 g/mol. The lowest BCUT2D eigenvalue weighted by atomic mass is 10.0. The summed E-state index contributed by atoms with van der Waals surface area (Å²) < 4.78 is 0. The summed E-state index contributed by atoms with van der Waals surface area (Å²) in [5.41, 5.74) is 3.76. The summed E-state index contributed by atoms with van der Waals surface area (Å²) in [5, 5.41) is 3.15. The monoisotopic (exact) mass is 302 g/mol. The zero-order valence-electron chi connectivity index (χ0n) is 14.3. The fourth-order valence-electron chi connectivity index (χ4n) is 3.08. The Morgan fingerprint density at radius 3 is 2.36 bits per heavy atom. The number of hydrogen-bond acceptors (Lipinski definition) is 2. The Labute approximate surface area is 135 Å². The van der Waals surface area contributed by atoms with Gasteiger partial charge in [0.25, 0.3) is 0 Å². The first kappa shape index (κ1) is 17.0. The Morgan fingerprint density at radius 1 is 1.09 bits per heavy atom. The van der Waals surface area contributed by atoms with Gasteiger partial charge in [0, 0.05) is 0 Å². The van der Waals surface area contributed by atoms with E-state index in [1.807, 2.05) is 0 Å². The normalized spacial score (nSPS) is 18.3. The van der Waals surface area contributed by atoms with E-state index in [4.69, 9.17) is 0 Å². The van der Waals surface area contributed by atoms with Crippen LogP contribution < -0.4 is 5.32 Å². The summed E-state index contributed by atoms with van der Waals surface area (Å²) in [7, 11) is 0. The minimum atomic E-state index is 0.0709. The van der Waals surface area contributed by atoms with Gasteiger partial charge in [-0.3, -0.25) is 9.69 Å². The topological polar surface area (TPSA) is 32.3 Å². The summed E-state index contributed by atoms with van der Waals surface area (Å²) in [4.78, 5) is 14.6. The van der Waals surface area contributed by atoms with Crippen molar-refractivity contribution in [1.82, 2.24) is 10.2 Å². The number of rotatable bonds is 4. The van der Waals surface area contributed by atoms with Crippen LogP contribution in [0.15, 0.2) is 18.2 Å². The van der Waals surface area contributed by atoms with Crippen LogP contribution in [0.5, 0.6) is 0 Å². The molecule has 0 aliphatic carbocycles. The van der Waals surface area contributed by atoms with Gasteiger partial charge in [-0.1, -0.05) is 37.5 Å². The zero-order valence-corrected chi connectivity index (χ0v) is 14.3. The van der Waals surface area contributed by atoms with Crippen molar-refractivity contribution >= 4 is 5.91 Å². The zero-order chi connectivity index (χ0) is 15.9. The van der Waals surface area contributed by atoms with E-state index in [-0.39, 0.29) is 11.9 Å². The molecule has 3 nitrogen and oxygen atoms in total. The molecule has 1 heterocycles. The number of carbonyl (C=O) groups is 1. The number of hydrogen-bond donors (Lipinski definition) is 1. The number of benzene rings is 1. The molecular weight excluding hydrogens is 272 g/mol. The van der Waals surface area contributed by atoms with Crippen LogP contribution in [0.3, 0.4) is 0 Å². The van der Waals surface area contributed by atoms with Crippen molar-refractivity contribution in [2.24, 2.45) is 0 Å². The Bertz CT molecular complexity index is 490. The highest BCUT2D eigenvalue weighted by atomic mass is 16.2. The minimum Gasteiger partial charge on any atom is -0.348 e. The predicted octanol–water partition coefficient (Wildman–Crippen LogP) is 3.75. The van der Waals surface area contributed by atoms with Gasteiger partial charge >= 0.3 is 0 Å². The molecule has 2 rings (SSSR count). The standard InChI is InChI=1S/C19H30N2O/c1-15-9-10-18(13-16(15)2)17(3)20-19(22)14-21-11-7-5-4-6-8-12-21/h9-10,13,17H,4-8,11-12,14H2,1-3H3,(H,20,22)/t17-/m1/s1. The van der Waals surface area contributed by atoms with Crippen molar-refractivity contribution in [1.29, 1.82) is 0 Å². The average Bonchev–Trinajstić information content (AvgIpc) is 2.44. The van der Waals surface area contributed by atoms with Gasteiger partial charge in [0.05, 0.1) is 12.6 Å². The van der Waals surface area contributed by atoms with E-state index >= 15 is 0 Å². The van der Waals surface area contributed by atoms with E-state index in [2.05, 4.69) is 49.2 Å². The third-order valence-electron chi connectivity index (χ3n) is 4.72. The van der Waals surface area contributed by atoms with Crippen molar-refractivity contribution in [3.8, 4) is 0 Å². The minimum absolute atomic E-state index is 0.0709. The molecule has 0 unspecified atom stereocenters. The first-order valence-corrected chi connectivity index (χ1v) is 8.65. The van der Waals surface area contributed by atoms with Gasteiger partial charge < -0.3 is 5.32 Å². The SMILES string of the molecule is Cc1ccc([C@@H](C)NC(=O)CN2CCCCCCC2)cc1C. The van der Waals surface area contributed by atoms with E-state index in [0.29, 0.717) is 6.54 Å². The van der Waals surface area contributed by atoms with Crippen molar-refractivity contribution in [3.63, 3.8) is 0 Å². The summed E-state index contributed by atoms with van der Waals surface area (Å²) in [5.74, 6) is 0.145. The van der Waals surface area contributed by atoms with Gasteiger partial charge in [-0.2, -0.15) is 0 Å². The second-order valence-corrected chi connectivity index (χ2v) is 6.68. The summed E-state index contributed by atoms with van der Waals surface area (Å²) >= 11 is 0. The first-order valence-electron chi connectivity index (χ1n) is 8.65. The Morgan fingerprint density at radius 2 is 1.73 bits per heavy atom. The van der Waals surface area contributed by atoms with Crippen molar-refractivity contribution in [2.75, 3.05) is 19.6 Å². The summed E-state index contributed by atoms with van der Waals surface area (Å²) in [6, 6.07) is 6.49. The molecule has 22 heavy (non-hydrogen) atoms. The third-order valence-corrected chi connectivity index (χ3v) is 4.72. The number of aryl methyl sites for hydroxylation is 2. The summed E-state index contributed by atoms with van der Waals surface area (Å²) in [6.07, 6.45) is 6.40. The lowest BCUT2D eigenvalue weighted by Crippen LogP contribution is -2.39. The molecule has 1 amide bonds. The number of nitrogens with zero attached hydrogens (tertiary/aromatic N) is 1. The Balaban J connectivity index is 1.85. The van der Waals surface area contributed by atoms with Crippen LogP contribution in [0.2, 0.25) is 0 Å². The van der Waals surface area contributed by atoms with Crippen molar-refractivity contribution < 1.29 is 4.79 Å². The molecule has 1 aromatic carbocycles. The van der Waals surface area contributed by atoms with Crippen molar-refractivity contribution in [2.45, 2.75) is 58.9 Å². The second-order valence-electron chi connectivity index (χ2n) is 6.68. The molecule has 1 fully saturated rings. The van der Waals surface area contributed by atoms with Crippen LogP contribution in [0, 0.1) is 13.8 Å². The first-order chi connectivity index (χ1) is 10.6. The van der Waals surface area contributed by atoms with Crippen LogP contribution in [0.1, 0.15) is 61.8 Å². The predicted molar refractivity (Wildman–Crippen MR) is 92.0 cm³/mol. The lowest BCUT2D eigenvalue weighted by Gasteiger charge is -2.25. The maximum absolute atomic E-state index is 12.3. The van der Waals surface area contributed by atoms with Crippen LogP contribution in [-0.2, 0) is 4.79 Å². The maximum Gasteiger partial charge on any atom is 0.234 e. The molecular formula is C19H30N2O. The molecule has 1 N–H and O–H groups in total. The lowest BCUT2D eigenvalue weighted by molar-refractivity contribution is -0.123. The summed E-state index contributed by atoms with van der Waals surface area (Å²) in [6.45, 7) is 8.96. The van der Waals surface area contributed by atoms with Gasteiger partial charge in [-0.25, -0.2) is 0 Å². The smallest absolute Gasteiger partial charge is 0.234 e. The van der Waals surface area contributed by atoms with Gasteiger partial charge in [0.1, 0.15) is 0 Å². The quantitative estimate of drug-likeness (QED) is 0.919. The molecule has 122 valence electrons. The van der Waals surface area contributed by atoms with E-state index in [1.165, 1.54) is 48.8 Å². The van der Waals surface area contributed by atoms with Crippen LogP contribution in [0.4, 0.5) is 0 Å². The number of carbonyl (C=O) groups excluding carboxylic acids is 1. The van der Waals surface area contributed by atoms with E-state index in [1.54, 1.807) is 0 Å². The highest BCUT2D eigenvalue weighted by Gasteiger charge is 2.15. The fourth-order valence-corrected chi connectivity index (χ4v) is 3.08. The van der Waals surface area contributed by atoms with Crippen LogP contribution in [0.25, 0.3) is 0 Å². The van der Waals surface area contributed by atoms with Crippen LogP contribution >= 0.6 is 0 Å². The Hall–Kier alpha value is -1.35. The fraction of sp³-hybridized carbons (Fsp3) is 0.632. The van der Waals surface area contributed by atoms with E-state index < -0.39 is 0 Å². The molecule has 0 saturated carbocycles. The third kappa shape index (κ3) is 5.13. The molecule has 1 saturated heterocycles. The number of amides is 1. The number of nitrogens with one attached hydrogen (secondary N) is 1. The second kappa shape index (κ2) is 8.33. The highest BCUT2D eigenvalue weighted by molar-refractivity contribution is 5.78. The largest absolute Gasteiger partial charge is 0.348 e. The molecule has 0 radical (unpaired) electrons. The molecule has 1 atom stereocenters. The Kier molecular flexibility index (Phi) is 6.44. The molecule has 0 spiro atoms.